The van der Waals surface area contributed by atoms with E-state index >= 15 is 0 Å². The number of rotatable bonds is 1. The highest BCUT2D eigenvalue weighted by atomic mass is 35.5. The third-order valence-corrected chi connectivity index (χ3v) is 3.31. The Balaban J connectivity index is 2.69. The van der Waals surface area contributed by atoms with Crippen LogP contribution < -0.4 is 5.73 Å². The molecule has 5 heteroatoms. The summed E-state index contributed by atoms with van der Waals surface area (Å²) >= 11 is 12.1. The average molecular weight is 268 g/mol. The van der Waals surface area contributed by atoms with Gasteiger partial charge in [-0.05, 0) is 43.2 Å². The quantitative estimate of drug-likeness (QED) is 0.858. The molecule has 0 spiro atoms. The Morgan fingerprint density at radius 2 is 1.76 bits per heavy atom. The van der Waals surface area contributed by atoms with Gasteiger partial charge < -0.3 is 5.73 Å². The van der Waals surface area contributed by atoms with Gasteiger partial charge in [0.1, 0.15) is 5.82 Å². The zero-order valence-corrected chi connectivity index (χ0v) is 11.0. The number of nitrogens with two attached hydrogens (primary N) is 1. The molecule has 0 amide bonds. The van der Waals surface area contributed by atoms with Crippen LogP contribution in [0.15, 0.2) is 18.2 Å². The van der Waals surface area contributed by atoms with Crippen LogP contribution in [0.4, 0.5) is 5.82 Å². The maximum atomic E-state index is 6.14. The SMILES string of the molecule is Cc1c(N)nnc(-c2cc(Cl)ccc2Cl)c1C. The van der Waals surface area contributed by atoms with E-state index in [-0.39, 0.29) is 0 Å². The zero-order chi connectivity index (χ0) is 12.6. The largest absolute Gasteiger partial charge is 0.382 e. The Morgan fingerprint density at radius 1 is 1.06 bits per heavy atom. The molecule has 1 aromatic carbocycles. The van der Waals surface area contributed by atoms with Gasteiger partial charge in [-0.25, -0.2) is 0 Å². The summed E-state index contributed by atoms with van der Waals surface area (Å²) in [6.45, 7) is 3.84. The first-order valence-electron chi connectivity index (χ1n) is 5.05. The Hall–Kier alpha value is -1.32. The maximum Gasteiger partial charge on any atom is 0.149 e. The van der Waals surface area contributed by atoms with Crippen molar-refractivity contribution in [2.75, 3.05) is 5.73 Å². The summed E-state index contributed by atoms with van der Waals surface area (Å²) in [6, 6.07) is 5.25. The van der Waals surface area contributed by atoms with E-state index < -0.39 is 0 Å². The molecule has 0 saturated heterocycles. The summed E-state index contributed by atoms with van der Waals surface area (Å²) in [4.78, 5) is 0. The van der Waals surface area contributed by atoms with Gasteiger partial charge in [-0.15, -0.1) is 10.2 Å². The van der Waals surface area contributed by atoms with Crippen molar-refractivity contribution < 1.29 is 0 Å². The molecular weight excluding hydrogens is 257 g/mol. The van der Waals surface area contributed by atoms with Crippen molar-refractivity contribution in [1.29, 1.82) is 0 Å². The molecule has 3 nitrogen and oxygen atoms in total. The summed E-state index contributed by atoms with van der Waals surface area (Å²) in [5.74, 6) is 0.435. The fourth-order valence-corrected chi connectivity index (χ4v) is 1.94. The Kier molecular flexibility index (Phi) is 3.22. The summed E-state index contributed by atoms with van der Waals surface area (Å²) in [7, 11) is 0. The van der Waals surface area contributed by atoms with Crippen molar-refractivity contribution in [3.8, 4) is 11.3 Å². The minimum Gasteiger partial charge on any atom is -0.382 e. The van der Waals surface area contributed by atoms with Crippen LogP contribution in [0.1, 0.15) is 11.1 Å². The minimum atomic E-state index is 0.435. The van der Waals surface area contributed by atoms with Gasteiger partial charge in [0, 0.05) is 10.6 Å². The molecule has 2 rings (SSSR count). The molecule has 0 atom stereocenters. The molecule has 0 saturated carbocycles. The molecule has 0 bridgehead atoms. The third-order valence-electron chi connectivity index (χ3n) is 2.74. The number of hydrogen-bond donors (Lipinski definition) is 1. The fraction of sp³-hybridized carbons (Fsp3) is 0.167. The lowest BCUT2D eigenvalue weighted by Gasteiger charge is -2.10. The van der Waals surface area contributed by atoms with E-state index in [9.17, 15) is 0 Å². The Labute approximate surface area is 110 Å². The van der Waals surface area contributed by atoms with Gasteiger partial charge in [-0.1, -0.05) is 23.2 Å². The minimum absolute atomic E-state index is 0.435. The maximum absolute atomic E-state index is 6.14. The van der Waals surface area contributed by atoms with Crippen LogP contribution in [-0.4, -0.2) is 10.2 Å². The fourth-order valence-electron chi connectivity index (χ4n) is 1.56. The van der Waals surface area contributed by atoms with Crippen molar-refractivity contribution in [2.45, 2.75) is 13.8 Å². The van der Waals surface area contributed by atoms with Crippen LogP contribution in [0.25, 0.3) is 11.3 Å². The van der Waals surface area contributed by atoms with Crippen molar-refractivity contribution in [3.63, 3.8) is 0 Å². The molecule has 1 aromatic heterocycles. The number of benzene rings is 1. The van der Waals surface area contributed by atoms with Crippen molar-refractivity contribution in [2.24, 2.45) is 0 Å². The van der Waals surface area contributed by atoms with E-state index in [0.29, 0.717) is 21.6 Å². The molecule has 0 radical (unpaired) electrons. The lowest BCUT2D eigenvalue weighted by atomic mass is 10.0. The lowest BCUT2D eigenvalue weighted by Crippen LogP contribution is -2.02. The van der Waals surface area contributed by atoms with E-state index in [0.717, 1.165) is 16.7 Å². The van der Waals surface area contributed by atoms with Crippen LogP contribution in [0.2, 0.25) is 10.0 Å². The third kappa shape index (κ3) is 2.21. The monoisotopic (exact) mass is 267 g/mol. The molecule has 2 aromatic rings. The van der Waals surface area contributed by atoms with Gasteiger partial charge >= 0.3 is 0 Å². The van der Waals surface area contributed by atoms with Crippen LogP contribution in [0, 0.1) is 13.8 Å². The number of halogens is 2. The predicted octanol–water partition coefficient (Wildman–Crippen LogP) is 3.65. The van der Waals surface area contributed by atoms with E-state index in [1.54, 1.807) is 18.2 Å². The van der Waals surface area contributed by atoms with Crippen molar-refractivity contribution in [1.82, 2.24) is 10.2 Å². The highest BCUT2D eigenvalue weighted by Gasteiger charge is 2.12. The molecule has 0 unspecified atom stereocenters. The van der Waals surface area contributed by atoms with E-state index in [2.05, 4.69) is 10.2 Å². The standard InChI is InChI=1S/C12H11Cl2N3/c1-6-7(2)12(15)17-16-11(6)9-5-8(13)3-4-10(9)14/h3-5H,1-2H3,(H2,15,17). The number of nitrogens with zero attached hydrogens (tertiary/aromatic N) is 2. The van der Waals surface area contributed by atoms with E-state index in [4.69, 9.17) is 28.9 Å². The van der Waals surface area contributed by atoms with Gasteiger partial charge in [-0.3, -0.25) is 0 Å². The molecule has 0 aliphatic carbocycles. The van der Waals surface area contributed by atoms with Crippen LogP contribution >= 0.6 is 23.2 Å². The summed E-state index contributed by atoms with van der Waals surface area (Å²) in [5.41, 5.74) is 9.05. The molecule has 17 heavy (non-hydrogen) atoms. The average Bonchev–Trinajstić information content (AvgIpc) is 2.30. The second-order valence-electron chi connectivity index (χ2n) is 3.81. The number of hydrogen-bond acceptors (Lipinski definition) is 3. The first-order chi connectivity index (χ1) is 8.00. The summed E-state index contributed by atoms with van der Waals surface area (Å²) < 4.78 is 0. The summed E-state index contributed by atoms with van der Waals surface area (Å²) in [5, 5.41) is 9.21. The van der Waals surface area contributed by atoms with Crippen LogP contribution in [0.3, 0.4) is 0 Å². The first kappa shape index (κ1) is 12.1. The van der Waals surface area contributed by atoms with Gasteiger partial charge in [0.25, 0.3) is 0 Å². The highest BCUT2D eigenvalue weighted by Crippen LogP contribution is 2.32. The van der Waals surface area contributed by atoms with E-state index in [1.807, 2.05) is 13.8 Å². The topological polar surface area (TPSA) is 51.8 Å². The van der Waals surface area contributed by atoms with Crippen molar-refractivity contribution in [3.05, 3.63) is 39.4 Å². The van der Waals surface area contributed by atoms with Crippen LogP contribution in [-0.2, 0) is 0 Å². The number of aromatic nitrogens is 2. The Bertz CT molecular complexity index is 582. The number of nitrogen functional groups attached to an aromatic ring is 1. The lowest BCUT2D eigenvalue weighted by molar-refractivity contribution is 1.01. The molecule has 1 heterocycles. The first-order valence-corrected chi connectivity index (χ1v) is 5.81. The molecule has 88 valence electrons. The molecule has 0 aliphatic heterocycles. The van der Waals surface area contributed by atoms with E-state index in [1.165, 1.54) is 0 Å². The second-order valence-corrected chi connectivity index (χ2v) is 4.65. The van der Waals surface area contributed by atoms with Gasteiger partial charge in [-0.2, -0.15) is 0 Å². The number of anilines is 1. The normalized spacial score (nSPS) is 10.6. The van der Waals surface area contributed by atoms with Gasteiger partial charge in [0.15, 0.2) is 0 Å². The van der Waals surface area contributed by atoms with Gasteiger partial charge in [0.05, 0.1) is 10.7 Å². The smallest absolute Gasteiger partial charge is 0.149 e. The molecule has 0 aliphatic rings. The Morgan fingerprint density at radius 3 is 2.47 bits per heavy atom. The zero-order valence-electron chi connectivity index (χ0n) is 9.46. The summed E-state index contributed by atoms with van der Waals surface area (Å²) in [6.07, 6.45) is 0. The highest BCUT2D eigenvalue weighted by molar-refractivity contribution is 6.35. The van der Waals surface area contributed by atoms with Crippen molar-refractivity contribution >= 4 is 29.0 Å². The molecule has 2 N–H and O–H groups in total. The molecular formula is C12H11Cl2N3. The second kappa shape index (κ2) is 4.51. The van der Waals surface area contributed by atoms with Gasteiger partial charge in [0.2, 0.25) is 0 Å². The molecule has 0 fully saturated rings. The predicted molar refractivity (Wildman–Crippen MR) is 71.4 cm³/mol. The van der Waals surface area contributed by atoms with Crippen LogP contribution in [0.5, 0.6) is 0 Å².